The van der Waals surface area contributed by atoms with Gasteiger partial charge in [0.15, 0.2) is 0 Å². The van der Waals surface area contributed by atoms with Crippen LogP contribution < -0.4 is 10.6 Å². The average Bonchev–Trinajstić information content (AvgIpc) is 2.72. The predicted molar refractivity (Wildman–Crippen MR) is 119 cm³/mol. The van der Waals surface area contributed by atoms with Crippen LogP contribution in [0.5, 0.6) is 0 Å². The first-order chi connectivity index (χ1) is 14.6. The summed E-state index contributed by atoms with van der Waals surface area (Å²) in [4.78, 5) is 25.4. The van der Waals surface area contributed by atoms with E-state index in [2.05, 4.69) is 10.6 Å². The average molecular weight is 454 g/mol. The summed E-state index contributed by atoms with van der Waals surface area (Å²) in [6.45, 7) is 7.15. The molecule has 1 atom stereocenters. The van der Waals surface area contributed by atoms with Gasteiger partial charge in [-0.1, -0.05) is 31.5 Å². The van der Waals surface area contributed by atoms with Crippen LogP contribution in [0.4, 0.5) is 0 Å². The molecule has 1 aromatic carbocycles. The van der Waals surface area contributed by atoms with Crippen LogP contribution in [-0.4, -0.2) is 63.9 Å². The summed E-state index contributed by atoms with van der Waals surface area (Å²) in [6.07, 6.45) is 1.33. The Hall–Kier alpha value is -1.97. The van der Waals surface area contributed by atoms with Crippen molar-refractivity contribution in [1.82, 2.24) is 14.9 Å². The van der Waals surface area contributed by atoms with Crippen LogP contribution in [-0.2, 0) is 24.3 Å². The number of piperidine rings is 1. The molecule has 1 aliphatic rings. The highest BCUT2D eigenvalue weighted by Crippen LogP contribution is 2.26. The van der Waals surface area contributed by atoms with E-state index in [0.717, 1.165) is 5.56 Å². The molecule has 0 radical (unpaired) electrons. The summed E-state index contributed by atoms with van der Waals surface area (Å²) >= 11 is 0. The van der Waals surface area contributed by atoms with Gasteiger partial charge in [-0.15, -0.1) is 0 Å². The number of hydrogen-bond acceptors (Lipinski definition) is 5. The fourth-order valence-electron chi connectivity index (χ4n) is 3.70. The molecule has 1 aromatic rings. The maximum absolute atomic E-state index is 12.9. The first-order valence-corrected chi connectivity index (χ1v) is 12.2. The molecule has 2 N–H and O–H groups in total. The van der Waals surface area contributed by atoms with Gasteiger partial charge in [0.25, 0.3) is 0 Å². The zero-order chi connectivity index (χ0) is 23.0. The van der Waals surface area contributed by atoms with Crippen LogP contribution in [0.2, 0.25) is 0 Å². The summed E-state index contributed by atoms with van der Waals surface area (Å²) in [5, 5.41) is 5.68. The fourth-order valence-corrected chi connectivity index (χ4v) is 5.17. The zero-order valence-electron chi connectivity index (χ0n) is 18.9. The van der Waals surface area contributed by atoms with Crippen molar-refractivity contribution < 1.29 is 22.7 Å². The van der Waals surface area contributed by atoms with Gasteiger partial charge in [0.2, 0.25) is 21.8 Å². The summed E-state index contributed by atoms with van der Waals surface area (Å²) < 4.78 is 32.3. The second kappa shape index (κ2) is 11.6. The predicted octanol–water partition coefficient (Wildman–Crippen LogP) is 1.69. The summed E-state index contributed by atoms with van der Waals surface area (Å²) in [5.41, 5.74) is 0.997. The number of carbonyl (C=O) groups is 2. The third kappa shape index (κ3) is 7.29. The van der Waals surface area contributed by atoms with Gasteiger partial charge in [-0.25, -0.2) is 8.42 Å². The molecule has 1 aliphatic heterocycles. The fraction of sp³-hybridized carbons (Fsp3) is 0.636. The lowest BCUT2D eigenvalue weighted by Crippen LogP contribution is -2.54. The van der Waals surface area contributed by atoms with Gasteiger partial charge in [0, 0.05) is 33.2 Å². The molecule has 31 heavy (non-hydrogen) atoms. The van der Waals surface area contributed by atoms with E-state index in [4.69, 9.17) is 4.74 Å². The van der Waals surface area contributed by atoms with E-state index in [1.165, 1.54) is 4.31 Å². The minimum atomic E-state index is -3.58. The molecule has 0 saturated carbocycles. The molecule has 2 rings (SSSR count). The number of hydrogen-bond donors (Lipinski definition) is 2. The van der Waals surface area contributed by atoms with Gasteiger partial charge >= 0.3 is 0 Å². The Morgan fingerprint density at radius 3 is 2.32 bits per heavy atom. The number of benzene rings is 1. The quantitative estimate of drug-likeness (QED) is 0.525. The number of amides is 2. The molecule has 0 bridgehead atoms. The van der Waals surface area contributed by atoms with Crippen LogP contribution in [0.15, 0.2) is 29.2 Å². The molecule has 1 saturated heterocycles. The van der Waals surface area contributed by atoms with Crippen molar-refractivity contribution in [3.05, 3.63) is 29.8 Å². The number of carbonyl (C=O) groups excluding carboxylic acids is 2. The molecule has 2 amide bonds. The van der Waals surface area contributed by atoms with Gasteiger partial charge in [-0.2, -0.15) is 4.31 Å². The largest absolute Gasteiger partial charge is 0.383 e. The van der Waals surface area contributed by atoms with Crippen molar-refractivity contribution in [2.75, 3.05) is 33.4 Å². The van der Waals surface area contributed by atoms with Crippen molar-refractivity contribution in [2.45, 2.75) is 51.0 Å². The molecule has 9 heteroatoms. The van der Waals surface area contributed by atoms with E-state index in [-0.39, 0.29) is 28.5 Å². The van der Waals surface area contributed by atoms with Crippen molar-refractivity contribution >= 4 is 21.8 Å². The standard InChI is InChI=1S/C22H35N3O5S/c1-16(2)15-20(26)24-21(22(27)23-11-14-30-4)18-9-12-25(13-10-18)31(28,29)19-7-5-17(3)6-8-19/h5-8,16,18,21H,9-15H2,1-4H3,(H,23,27)(H,24,26)/t21-/m0/s1. The number of rotatable bonds is 10. The SMILES string of the molecule is COCCNC(=O)[C@@H](NC(=O)CC(C)C)C1CCN(S(=O)(=O)c2ccc(C)cc2)CC1. The Kier molecular flexibility index (Phi) is 9.46. The van der Waals surface area contributed by atoms with Crippen molar-refractivity contribution in [1.29, 1.82) is 0 Å². The maximum atomic E-state index is 12.9. The van der Waals surface area contributed by atoms with Gasteiger partial charge in [-0.3, -0.25) is 9.59 Å². The highest BCUT2D eigenvalue weighted by Gasteiger charge is 2.36. The number of sulfonamides is 1. The highest BCUT2D eigenvalue weighted by atomic mass is 32.2. The molecule has 174 valence electrons. The minimum Gasteiger partial charge on any atom is -0.383 e. The van der Waals surface area contributed by atoms with Gasteiger partial charge in [0.05, 0.1) is 11.5 Å². The van der Waals surface area contributed by atoms with E-state index in [1.807, 2.05) is 20.8 Å². The first kappa shape index (κ1) is 25.3. The first-order valence-electron chi connectivity index (χ1n) is 10.8. The molecule has 8 nitrogen and oxygen atoms in total. The second-order valence-corrected chi connectivity index (χ2v) is 10.4. The maximum Gasteiger partial charge on any atom is 0.243 e. The van der Waals surface area contributed by atoms with Crippen LogP contribution in [0.1, 0.15) is 38.7 Å². The lowest BCUT2D eigenvalue weighted by Gasteiger charge is -2.35. The van der Waals surface area contributed by atoms with E-state index < -0.39 is 16.1 Å². The lowest BCUT2D eigenvalue weighted by molar-refractivity contribution is -0.131. The summed E-state index contributed by atoms with van der Waals surface area (Å²) in [6, 6.07) is 6.12. The van der Waals surface area contributed by atoms with Crippen molar-refractivity contribution in [3.8, 4) is 0 Å². The highest BCUT2D eigenvalue weighted by molar-refractivity contribution is 7.89. The minimum absolute atomic E-state index is 0.136. The Balaban J connectivity index is 2.06. The van der Waals surface area contributed by atoms with E-state index in [0.29, 0.717) is 45.5 Å². The number of nitrogens with one attached hydrogen (secondary N) is 2. The van der Waals surface area contributed by atoms with Crippen molar-refractivity contribution in [2.24, 2.45) is 11.8 Å². The number of methoxy groups -OCH3 is 1. The Labute approximate surface area is 185 Å². The smallest absolute Gasteiger partial charge is 0.243 e. The number of nitrogens with zero attached hydrogens (tertiary/aromatic N) is 1. The topological polar surface area (TPSA) is 105 Å². The molecule has 0 unspecified atom stereocenters. The van der Waals surface area contributed by atoms with Gasteiger partial charge in [-0.05, 0) is 43.7 Å². The normalized spacial score (nSPS) is 16.8. The Morgan fingerprint density at radius 2 is 1.77 bits per heavy atom. The van der Waals surface area contributed by atoms with E-state index in [9.17, 15) is 18.0 Å². The van der Waals surface area contributed by atoms with Crippen LogP contribution in [0.3, 0.4) is 0 Å². The molecule has 1 heterocycles. The van der Waals surface area contributed by atoms with Crippen molar-refractivity contribution in [3.63, 3.8) is 0 Å². The number of ether oxygens (including phenoxy) is 1. The third-order valence-corrected chi connectivity index (χ3v) is 7.34. The van der Waals surface area contributed by atoms with Crippen LogP contribution in [0.25, 0.3) is 0 Å². The molecule has 1 fully saturated rings. The summed E-state index contributed by atoms with van der Waals surface area (Å²) in [7, 11) is -2.02. The molecular weight excluding hydrogens is 418 g/mol. The van der Waals surface area contributed by atoms with Crippen LogP contribution in [0, 0.1) is 18.8 Å². The molecular formula is C22H35N3O5S. The van der Waals surface area contributed by atoms with E-state index in [1.54, 1.807) is 31.4 Å². The molecule has 0 aromatic heterocycles. The summed E-state index contributed by atoms with van der Waals surface area (Å²) in [5.74, 6) is -0.382. The Bertz CT molecular complexity index is 831. The molecule has 0 aliphatic carbocycles. The third-order valence-electron chi connectivity index (χ3n) is 5.43. The van der Waals surface area contributed by atoms with Gasteiger partial charge < -0.3 is 15.4 Å². The monoisotopic (exact) mass is 453 g/mol. The van der Waals surface area contributed by atoms with Gasteiger partial charge in [0.1, 0.15) is 6.04 Å². The second-order valence-electron chi connectivity index (χ2n) is 8.48. The number of aryl methyl sites for hydroxylation is 1. The zero-order valence-corrected chi connectivity index (χ0v) is 19.7. The Morgan fingerprint density at radius 1 is 1.16 bits per heavy atom. The van der Waals surface area contributed by atoms with Crippen LogP contribution >= 0.6 is 0 Å². The lowest BCUT2D eigenvalue weighted by atomic mass is 9.89. The molecule has 0 spiro atoms. The van der Waals surface area contributed by atoms with E-state index >= 15 is 0 Å².